The van der Waals surface area contributed by atoms with Crippen molar-refractivity contribution in [1.82, 2.24) is 10.2 Å². The molecule has 1 aliphatic rings. The second-order valence-electron chi connectivity index (χ2n) is 6.75. The van der Waals surface area contributed by atoms with Crippen LogP contribution in [0.2, 0.25) is 0 Å². The van der Waals surface area contributed by atoms with Crippen LogP contribution in [0.3, 0.4) is 0 Å². The van der Waals surface area contributed by atoms with E-state index in [0.717, 1.165) is 50.4 Å². The maximum atomic E-state index is 12.1. The van der Waals surface area contributed by atoms with Crippen LogP contribution in [0.1, 0.15) is 47.0 Å². The van der Waals surface area contributed by atoms with Crippen LogP contribution in [0.15, 0.2) is 0 Å². The molecule has 1 heterocycles. The zero-order chi connectivity index (χ0) is 15.9. The summed E-state index contributed by atoms with van der Waals surface area (Å²) in [4.78, 5) is 2.19. The molecule has 21 heavy (non-hydrogen) atoms. The molecule has 4 nitrogen and oxygen atoms in total. The Hall–Kier alpha value is 0.220. The monoisotopic (exact) mass is 336 g/mol. The predicted octanol–water partition coefficient (Wildman–Crippen LogP) is 2.35. The van der Waals surface area contributed by atoms with Crippen molar-refractivity contribution in [3.8, 4) is 0 Å². The number of sulfone groups is 1. The molecule has 0 aromatic heterocycles. The first-order chi connectivity index (χ1) is 9.76. The van der Waals surface area contributed by atoms with Gasteiger partial charge in [0.1, 0.15) is 5.37 Å². The van der Waals surface area contributed by atoms with Crippen LogP contribution in [0.4, 0.5) is 0 Å². The predicted molar refractivity (Wildman–Crippen MR) is 93.8 cm³/mol. The Bertz CT molecular complexity index is 391. The van der Waals surface area contributed by atoms with Gasteiger partial charge in [-0.3, -0.25) is 4.90 Å². The van der Waals surface area contributed by atoms with Crippen molar-refractivity contribution < 1.29 is 8.42 Å². The van der Waals surface area contributed by atoms with Gasteiger partial charge in [-0.2, -0.15) is 11.8 Å². The van der Waals surface area contributed by atoms with Gasteiger partial charge in [-0.15, -0.1) is 0 Å². The molecule has 1 unspecified atom stereocenters. The highest BCUT2D eigenvalue weighted by Gasteiger charge is 2.32. The minimum atomic E-state index is -2.94. The first kappa shape index (κ1) is 19.3. The third-order valence-corrected chi connectivity index (χ3v) is 7.12. The fourth-order valence-electron chi connectivity index (χ4n) is 2.47. The van der Waals surface area contributed by atoms with E-state index in [1.807, 2.05) is 0 Å². The lowest BCUT2D eigenvalue weighted by Gasteiger charge is -2.34. The lowest BCUT2D eigenvalue weighted by molar-refractivity contribution is 0.263. The maximum absolute atomic E-state index is 12.1. The Balaban J connectivity index is 2.29. The van der Waals surface area contributed by atoms with Gasteiger partial charge in [0.2, 0.25) is 0 Å². The highest BCUT2D eigenvalue weighted by molar-refractivity contribution is 8.01. The second kappa shape index (κ2) is 8.75. The summed E-state index contributed by atoms with van der Waals surface area (Å²) in [7, 11) is -2.94. The van der Waals surface area contributed by atoms with Gasteiger partial charge in [0.15, 0.2) is 9.84 Å². The summed E-state index contributed by atoms with van der Waals surface area (Å²) in [6.07, 6.45) is 3.41. The fraction of sp³-hybridized carbons (Fsp3) is 1.00. The normalized spacial score (nSPS) is 21.6. The van der Waals surface area contributed by atoms with E-state index in [1.54, 1.807) is 18.7 Å². The highest BCUT2D eigenvalue weighted by atomic mass is 32.2. The van der Waals surface area contributed by atoms with Crippen molar-refractivity contribution in [2.45, 2.75) is 57.9 Å². The summed E-state index contributed by atoms with van der Waals surface area (Å²) < 4.78 is 24.3. The van der Waals surface area contributed by atoms with Crippen molar-refractivity contribution in [1.29, 1.82) is 0 Å². The van der Waals surface area contributed by atoms with Crippen LogP contribution < -0.4 is 5.32 Å². The minimum absolute atomic E-state index is 0.185. The standard InChI is InChI=1S/C15H32N2O2S2/c1-5-21(18,19)14-13-20-12-11-17(14)10-8-6-7-9-16-15(2,3)4/h14,16H,5-13H2,1-4H3. The molecule has 1 rings (SSSR count). The molecule has 0 spiro atoms. The third kappa shape index (κ3) is 7.35. The average Bonchev–Trinajstić information content (AvgIpc) is 2.42. The number of hydrogen-bond acceptors (Lipinski definition) is 5. The number of nitrogens with zero attached hydrogens (tertiary/aromatic N) is 1. The van der Waals surface area contributed by atoms with Crippen molar-refractivity contribution in [3.63, 3.8) is 0 Å². The van der Waals surface area contributed by atoms with Gasteiger partial charge in [0.05, 0.1) is 0 Å². The van der Waals surface area contributed by atoms with Gasteiger partial charge in [0, 0.05) is 29.3 Å². The van der Waals surface area contributed by atoms with E-state index in [1.165, 1.54) is 0 Å². The summed E-state index contributed by atoms with van der Waals surface area (Å²) in [5.74, 6) is 2.05. The Morgan fingerprint density at radius 3 is 2.57 bits per heavy atom. The van der Waals surface area contributed by atoms with Crippen molar-refractivity contribution in [2.75, 3.05) is 36.9 Å². The molecular weight excluding hydrogens is 304 g/mol. The maximum Gasteiger partial charge on any atom is 0.166 e. The fourth-order valence-corrected chi connectivity index (χ4v) is 5.58. The van der Waals surface area contributed by atoms with Gasteiger partial charge in [0.25, 0.3) is 0 Å². The van der Waals surface area contributed by atoms with Gasteiger partial charge in [-0.25, -0.2) is 8.42 Å². The number of unbranched alkanes of at least 4 members (excludes halogenated alkanes) is 2. The third-order valence-electron chi connectivity index (χ3n) is 3.78. The van der Waals surface area contributed by atoms with Crippen LogP contribution >= 0.6 is 11.8 Å². The molecule has 1 N–H and O–H groups in total. The van der Waals surface area contributed by atoms with E-state index in [-0.39, 0.29) is 16.7 Å². The van der Waals surface area contributed by atoms with Crippen molar-refractivity contribution >= 4 is 21.6 Å². The SMILES string of the molecule is CCS(=O)(=O)C1CSCCN1CCCCCNC(C)(C)C. The Morgan fingerprint density at radius 2 is 1.95 bits per heavy atom. The zero-order valence-corrected chi connectivity index (χ0v) is 15.7. The smallest absolute Gasteiger partial charge is 0.166 e. The van der Waals surface area contributed by atoms with Crippen LogP contribution in [0.25, 0.3) is 0 Å². The summed E-state index contributed by atoms with van der Waals surface area (Å²) in [6, 6.07) is 0. The van der Waals surface area contributed by atoms with Crippen LogP contribution in [-0.4, -0.2) is 61.1 Å². The van der Waals surface area contributed by atoms with E-state index >= 15 is 0 Å². The van der Waals surface area contributed by atoms with Crippen molar-refractivity contribution in [3.05, 3.63) is 0 Å². The topological polar surface area (TPSA) is 49.4 Å². The largest absolute Gasteiger partial charge is 0.312 e. The summed E-state index contributed by atoms with van der Waals surface area (Å²) >= 11 is 1.77. The molecule has 1 fully saturated rings. The quantitative estimate of drug-likeness (QED) is 0.690. The molecule has 0 bridgehead atoms. The molecular formula is C15H32N2O2S2. The number of rotatable bonds is 8. The molecule has 0 amide bonds. The molecule has 1 saturated heterocycles. The van der Waals surface area contributed by atoms with E-state index in [0.29, 0.717) is 0 Å². The first-order valence-electron chi connectivity index (χ1n) is 8.04. The molecule has 0 radical (unpaired) electrons. The molecule has 0 aliphatic carbocycles. The summed E-state index contributed by atoms with van der Waals surface area (Å²) in [5.41, 5.74) is 0.185. The highest BCUT2D eigenvalue weighted by Crippen LogP contribution is 2.21. The molecule has 126 valence electrons. The van der Waals surface area contributed by atoms with E-state index in [9.17, 15) is 8.42 Å². The minimum Gasteiger partial charge on any atom is -0.312 e. The first-order valence-corrected chi connectivity index (χ1v) is 10.9. The number of nitrogens with one attached hydrogen (secondary N) is 1. The van der Waals surface area contributed by atoms with Crippen LogP contribution in [0.5, 0.6) is 0 Å². The molecule has 1 atom stereocenters. The Kier molecular flexibility index (Phi) is 8.03. The lowest BCUT2D eigenvalue weighted by Crippen LogP contribution is -2.48. The number of hydrogen-bond donors (Lipinski definition) is 1. The van der Waals surface area contributed by atoms with E-state index in [2.05, 4.69) is 31.0 Å². The summed E-state index contributed by atoms with van der Waals surface area (Å²) in [5, 5.41) is 3.23. The van der Waals surface area contributed by atoms with Gasteiger partial charge in [-0.05, 0) is 46.7 Å². The lowest BCUT2D eigenvalue weighted by atomic mass is 10.1. The molecule has 1 aliphatic heterocycles. The van der Waals surface area contributed by atoms with Gasteiger partial charge in [-0.1, -0.05) is 13.3 Å². The summed E-state index contributed by atoms with van der Waals surface area (Å²) in [6.45, 7) is 11.2. The molecule has 0 aromatic carbocycles. The molecule has 6 heteroatoms. The van der Waals surface area contributed by atoms with Crippen molar-refractivity contribution in [2.24, 2.45) is 0 Å². The van der Waals surface area contributed by atoms with E-state index in [4.69, 9.17) is 0 Å². The van der Waals surface area contributed by atoms with E-state index < -0.39 is 9.84 Å². The van der Waals surface area contributed by atoms with Crippen LogP contribution in [0, 0.1) is 0 Å². The van der Waals surface area contributed by atoms with Crippen LogP contribution in [-0.2, 0) is 9.84 Å². The average molecular weight is 337 g/mol. The van der Waals surface area contributed by atoms with Gasteiger partial charge >= 0.3 is 0 Å². The second-order valence-corrected chi connectivity index (χ2v) is 10.4. The Labute approximate surface area is 135 Å². The van der Waals surface area contributed by atoms with Gasteiger partial charge < -0.3 is 5.32 Å². The zero-order valence-electron chi connectivity index (χ0n) is 14.0. The number of thioether (sulfide) groups is 1. The Morgan fingerprint density at radius 1 is 1.24 bits per heavy atom. The molecule has 0 aromatic rings. The molecule has 0 saturated carbocycles.